The van der Waals surface area contributed by atoms with Gasteiger partial charge >= 0.3 is 0 Å². The van der Waals surface area contributed by atoms with Crippen molar-refractivity contribution in [1.82, 2.24) is 19.3 Å². The average molecular weight is 355 g/mol. The zero-order chi connectivity index (χ0) is 14.4. The number of aryl methyl sites for hydroxylation is 2. The fourth-order valence-corrected chi connectivity index (χ4v) is 2.95. The largest absolute Gasteiger partial charge is 0.369 e. The maximum Gasteiger partial charge on any atom is 0.207 e. The van der Waals surface area contributed by atoms with Gasteiger partial charge in [0.15, 0.2) is 5.65 Å². The molecule has 3 aromatic rings. The van der Waals surface area contributed by atoms with Crippen molar-refractivity contribution in [2.45, 2.75) is 13.3 Å². The molecule has 2 aromatic heterocycles. The fourth-order valence-electron chi connectivity index (χ4n) is 2.34. The van der Waals surface area contributed by atoms with E-state index in [-0.39, 0.29) is 0 Å². The highest BCUT2D eigenvalue weighted by Gasteiger charge is 2.19. The van der Waals surface area contributed by atoms with Gasteiger partial charge in [-0.15, -0.1) is 0 Å². The van der Waals surface area contributed by atoms with E-state index >= 15 is 0 Å². The fraction of sp³-hybridized carbons (Fsp3) is 0.231. The zero-order valence-electron chi connectivity index (χ0n) is 11.1. The normalized spacial score (nSPS) is 11.4. The predicted molar refractivity (Wildman–Crippen MR) is 84.3 cm³/mol. The van der Waals surface area contributed by atoms with Gasteiger partial charge in [-0.3, -0.25) is 4.57 Å². The number of anilines is 1. The number of imidazole rings is 1. The highest BCUT2D eigenvalue weighted by molar-refractivity contribution is 9.10. The SMILES string of the molecule is CCc1nn(C)c2c1nc(N)n2-c1cccc(Cl)c1Br. The molecule has 7 heteroatoms. The van der Waals surface area contributed by atoms with Gasteiger partial charge in [-0.1, -0.05) is 24.6 Å². The first kappa shape index (κ1) is 13.5. The molecule has 104 valence electrons. The minimum absolute atomic E-state index is 0.422. The van der Waals surface area contributed by atoms with Gasteiger partial charge in [-0.25, -0.2) is 9.67 Å². The Morgan fingerprint density at radius 1 is 1.40 bits per heavy atom. The van der Waals surface area contributed by atoms with Crippen LogP contribution < -0.4 is 5.73 Å². The zero-order valence-corrected chi connectivity index (χ0v) is 13.4. The van der Waals surface area contributed by atoms with Crippen molar-refractivity contribution >= 4 is 44.6 Å². The Kier molecular flexibility index (Phi) is 3.22. The molecular formula is C13H13BrClN5. The summed E-state index contributed by atoms with van der Waals surface area (Å²) >= 11 is 9.67. The van der Waals surface area contributed by atoms with Gasteiger partial charge in [0.05, 0.1) is 20.9 Å². The number of hydrogen-bond acceptors (Lipinski definition) is 3. The summed E-state index contributed by atoms with van der Waals surface area (Å²) in [7, 11) is 1.89. The molecule has 0 radical (unpaired) electrons. The Labute approximate surface area is 129 Å². The van der Waals surface area contributed by atoms with Gasteiger partial charge < -0.3 is 5.73 Å². The van der Waals surface area contributed by atoms with Crippen LogP contribution in [-0.4, -0.2) is 19.3 Å². The third kappa shape index (κ3) is 1.83. The van der Waals surface area contributed by atoms with Gasteiger partial charge in [0.2, 0.25) is 5.95 Å². The molecule has 0 aliphatic carbocycles. The molecule has 3 rings (SSSR count). The monoisotopic (exact) mass is 353 g/mol. The van der Waals surface area contributed by atoms with Crippen LogP contribution in [0.1, 0.15) is 12.6 Å². The van der Waals surface area contributed by atoms with Crippen LogP contribution in [0, 0.1) is 0 Å². The summed E-state index contributed by atoms with van der Waals surface area (Å²) in [5.41, 5.74) is 9.57. The number of benzene rings is 1. The van der Waals surface area contributed by atoms with Gasteiger partial charge in [0.25, 0.3) is 0 Å². The van der Waals surface area contributed by atoms with E-state index in [0.29, 0.717) is 11.0 Å². The van der Waals surface area contributed by atoms with E-state index in [9.17, 15) is 0 Å². The molecule has 0 saturated carbocycles. The second kappa shape index (κ2) is 4.79. The second-order valence-corrected chi connectivity index (χ2v) is 5.67. The lowest BCUT2D eigenvalue weighted by Gasteiger charge is -2.10. The van der Waals surface area contributed by atoms with Crippen LogP contribution in [0.5, 0.6) is 0 Å². The number of aromatic nitrogens is 4. The van der Waals surface area contributed by atoms with E-state index in [2.05, 4.69) is 26.0 Å². The highest BCUT2D eigenvalue weighted by Crippen LogP contribution is 2.33. The lowest BCUT2D eigenvalue weighted by Crippen LogP contribution is -2.05. The van der Waals surface area contributed by atoms with Gasteiger partial charge in [-0.2, -0.15) is 5.10 Å². The first-order valence-electron chi connectivity index (χ1n) is 6.18. The standard InChI is InChI=1S/C13H13BrClN5/c1-3-8-11-12(19(2)18-8)20(13(16)17-11)9-6-4-5-7(15)10(9)14/h4-6H,3H2,1-2H3,(H2,16,17). The molecule has 0 aliphatic rings. The van der Waals surface area contributed by atoms with Crippen LogP contribution in [0.4, 0.5) is 5.95 Å². The minimum atomic E-state index is 0.422. The molecule has 0 bridgehead atoms. The van der Waals surface area contributed by atoms with Gasteiger partial charge in [0.1, 0.15) is 5.52 Å². The van der Waals surface area contributed by atoms with Crippen molar-refractivity contribution in [2.24, 2.45) is 7.05 Å². The Morgan fingerprint density at radius 2 is 2.15 bits per heavy atom. The third-order valence-corrected chi connectivity index (χ3v) is 4.61. The number of nitrogens with two attached hydrogens (primary N) is 1. The molecule has 0 spiro atoms. The molecule has 0 saturated heterocycles. The molecule has 2 heterocycles. The van der Waals surface area contributed by atoms with Crippen LogP contribution in [0.2, 0.25) is 5.02 Å². The van der Waals surface area contributed by atoms with Crippen LogP contribution in [0.15, 0.2) is 22.7 Å². The summed E-state index contributed by atoms with van der Waals surface area (Å²) in [6, 6.07) is 5.64. The maximum absolute atomic E-state index is 6.16. The average Bonchev–Trinajstić information content (AvgIpc) is 2.90. The Morgan fingerprint density at radius 3 is 2.85 bits per heavy atom. The Bertz CT molecular complexity index is 805. The number of nitrogens with zero attached hydrogens (tertiary/aromatic N) is 4. The summed E-state index contributed by atoms with van der Waals surface area (Å²) in [4.78, 5) is 4.45. The molecule has 2 N–H and O–H groups in total. The summed E-state index contributed by atoms with van der Waals surface area (Å²) in [5.74, 6) is 0.422. The van der Waals surface area contributed by atoms with Crippen molar-refractivity contribution in [3.63, 3.8) is 0 Å². The number of fused-ring (bicyclic) bond motifs is 1. The van der Waals surface area contributed by atoms with Crippen molar-refractivity contribution in [1.29, 1.82) is 0 Å². The quantitative estimate of drug-likeness (QED) is 0.768. The molecule has 1 aromatic carbocycles. The number of hydrogen-bond donors (Lipinski definition) is 1. The van der Waals surface area contributed by atoms with Gasteiger partial charge in [0, 0.05) is 7.05 Å². The summed E-state index contributed by atoms with van der Waals surface area (Å²) in [6.45, 7) is 2.05. The van der Waals surface area contributed by atoms with Crippen molar-refractivity contribution in [3.8, 4) is 5.69 Å². The van der Waals surface area contributed by atoms with E-state index in [1.54, 1.807) is 4.68 Å². The highest BCUT2D eigenvalue weighted by atomic mass is 79.9. The van der Waals surface area contributed by atoms with Crippen LogP contribution >= 0.6 is 27.5 Å². The summed E-state index contributed by atoms with van der Waals surface area (Å²) in [5, 5.41) is 5.10. The predicted octanol–water partition coefficient (Wildman–Crippen LogP) is 3.32. The van der Waals surface area contributed by atoms with Crippen molar-refractivity contribution < 1.29 is 0 Å². The molecule has 0 fully saturated rings. The lowest BCUT2D eigenvalue weighted by atomic mass is 10.3. The number of halogens is 2. The molecular weight excluding hydrogens is 342 g/mol. The van der Waals surface area contributed by atoms with Crippen LogP contribution in [0.3, 0.4) is 0 Å². The van der Waals surface area contributed by atoms with E-state index in [4.69, 9.17) is 17.3 Å². The molecule has 0 amide bonds. The molecule has 20 heavy (non-hydrogen) atoms. The minimum Gasteiger partial charge on any atom is -0.369 e. The third-order valence-electron chi connectivity index (χ3n) is 3.24. The molecule has 0 atom stereocenters. The topological polar surface area (TPSA) is 61.7 Å². The van der Waals surface area contributed by atoms with E-state index in [1.165, 1.54) is 0 Å². The van der Waals surface area contributed by atoms with Gasteiger partial charge in [-0.05, 0) is 34.5 Å². The van der Waals surface area contributed by atoms with Crippen molar-refractivity contribution in [2.75, 3.05) is 5.73 Å². The maximum atomic E-state index is 6.16. The smallest absolute Gasteiger partial charge is 0.207 e. The second-order valence-electron chi connectivity index (χ2n) is 4.47. The number of rotatable bonds is 2. The Balaban J connectivity index is 2.39. The number of nitrogen functional groups attached to an aromatic ring is 1. The summed E-state index contributed by atoms with van der Waals surface area (Å²) < 4.78 is 4.44. The lowest BCUT2D eigenvalue weighted by molar-refractivity contribution is 0.751. The molecule has 0 unspecified atom stereocenters. The Hall–Kier alpha value is -1.53. The molecule has 0 aliphatic heterocycles. The molecule has 5 nitrogen and oxygen atoms in total. The first-order valence-corrected chi connectivity index (χ1v) is 7.35. The van der Waals surface area contributed by atoms with E-state index in [0.717, 1.165) is 33.4 Å². The first-order chi connectivity index (χ1) is 9.54. The summed E-state index contributed by atoms with van der Waals surface area (Å²) in [6.07, 6.45) is 0.810. The van der Waals surface area contributed by atoms with E-state index < -0.39 is 0 Å². The van der Waals surface area contributed by atoms with Crippen molar-refractivity contribution in [3.05, 3.63) is 33.4 Å². The van der Waals surface area contributed by atoms with Crippen LogP contribution in [0.25, 0.3) is 16.9 Å². The van der Waals surface area contributed by atoms with E-state index in [1.807, 2.05) is 36.7 Å². The van der Waals surface area contributed by atoms with Crippen LogP contribution in [-0.2, 0) is 13.5 Å².